The van der Waals surface area contributed by atoms with Crippen LogP contribution in [0.2, 0.25) is 0 Å². The number of phenols is 1. The van der Waals surface area contributed by atoms with Crippen LogP contribution in [0.3, 0.4) is 0 Å². The molecule has 2 N–H and O–H groups in total. The minimum Gasteiger partial charge on any atom is -0.505 e. The van der Waals surface area contributed by atoms with Crippen molar-refractivity contribution in [3.05, 3.63) is 47.5 Å². The van der Waals surface area contributed by atoms with E-state index >= 15 is 0 Å². The van der Waals surface area contributed by atoms with Gasteiger partial charge in [0.2, 0.25) is 0 Å². The molecule has 0 spiro atoms. The molecule has 3 rings (SSSR count). The summed E-state index contributed by atoms with van der Waals surface area (Å²) in [6.45, 7) is 5.69. The fourth-order valence-corrected chi connectivity index (χ4v) is 2.05. The second kappa shape index (κ2) is 6.37. The molecule has 0 amide bonds. The molecule has 2 aromatic carbocycles. The standard InChI is InChI=1S/C14H13N3O2.C2H6/c1-9-6-10(8-18)7-13(14(9)19)17-15-11-4-2-3-5-12(11)16-17;1-2/h2-7,18-19H,8H2,1H3;1-2H3. The smallest absolute Gasteiger partial charge is 0.146 e. The fraction of sp³-hybridized carbons (Fsp3) is 0.250. The van der Waals surface area contributed by atoms with E-state index in [4.69, 9.17) is 0 Å². The van der Waals surface area contributed by atoms with Crippen molar-refractivity contribution in [2.24, 2.45) is 0 Å². The maximum Gasteiger partial charge on any atom is 0.146 e. The molecular formula is C16H19N3O2. The first-order valence-electron chi connectivity index (χ1n) is 6.95. The van der Waals surface area contributed by atoms with Crippen molar-refractivity contribution in [2.75, 3.05) is 0 Å². The topological polar surface area (TPSA) is 71.2 Å². The lowest BCUT2D eigenvalue weighted by Crippen LogP contribution is -2.01. The van der Waals surface area contributed by atoms with Gasteiger partial charge in [-0.2, -0.15) is 0 Å². The van der Waals surface area contributed by atoms with Gasteiger partial charge in [-0.25, -0.2) is 0 Å². The summed E-state index contributed by atoms with van der Waals surface area (Å²) in [4.78, 5) is 1.40. The summed E-state index contributed by atoms with van der Waals surface area (Å²) in [6.07, 6.45) is 0. The number of aromatic hydroxyl groups is 1. The summed E-state index contributed by atoms with van der Waals surface area (Å²) in [5, 5.41) is 28.0. The molecule has 21 heavy (non-hydrogen) atoms. The molecule has 0 atom stereocenters. The number of aliphatic hydroxyl groups excluding tert-OH is 1. The Kier molecular flexibility index (Phi) is 4.55. The molecule has 0 aliphatic rings. The maximum absolute atomic E-state index is 10.1. The number of fused-ring (bicyclic) bond motifs is 1. The minimum atomic E-state index is -0.0884. The number of phenolic OH excluding ortho intramolecular Hbond substituents is 1. The second-order valence-corrected chi connectivity index (χ2v) is 4.42. The first-order valence-corrected chi connectivity index (χ1v) is 6.95. The molecule has 0 fully saturated rings. The minimum absolute atomic E-state index is 0.0884. The van der Waals surface area contributed by atoms with Crippen LogP contribution in [0.25, 0.3) is 16.7 Å². The number of benzene rings is 2. The van der Waals surface area contributed by atoms with Gasteiger partial charge in [0.05, 0.1) is 6.61 Å². The van der Waals surface area contributed by atoms with Gasteiger partial charge >= 0.3 is 0 Å². The third-order valence-electron chi connectivity index (χ3n) is 3.02. The van der Waals surface area contributed by atoms with Gasteiger partial charge in [0.25, 0.3) is 0 Å². The Balaban J connectivity index is 0.000000774. The molecule has 0 bridgehead atoms. The summed E-state index contributed by atoms with van der Waals surface area (Å²) in [6, 6.07) is 10.9. The number of nitrogens with zero attached hydrogens (tertiary/aromatic N) is 3. The number of hydrogen-bond donors (Lipinski definition) is 2. The van der Waals surface area contributed by atoms with Crippen molar-refractivity contribution in [3.8, 4) is 11.4 Å². The van der Waals surface area contributed by atoms with E-state index in [0.717, 1.165) is 11.0 Å². The largest absolute Gasteiger partial charge is 0.505 e. The van der Waals surface area contributed by atoms with E-state index in [9.17, 15) is 10.2 Å². The van der Waals surface area contributed by atoms with Gasteiger partial charge in [-0.05, 0) is 42.3 Å². The lowest BCUT2D eigenvalue weighted by Gasteiger charge is -2.08. The molecule has 0 saturated carbocycles. The molecule has 1 aromatic heterocycles. The monoisotopic (exact) mass is 285 g/mol. The fourth-order valence-electron chi connectivity index (χ4n) is 2.05. The van der Waals surface area contributed by atoms with Crippen molar-refractivity contribution in [1.29, 1.82) is 0 Å². The highest BCUT2D eigenvalue weighted by Crippen LogP contribution is 2.27. The average molecular weight is 285 g/mol. The Morgan fingerprint density at radius 1 is 1.05 bits per heavy atom. The molecule has 110 valence electrons. The Hall–Kier alpha value is -2.40. The van der Waals surface area contributed by atoms with Gasteiger partial charge in [-0.1, -0.05) is 26.0 Å². The summed E-state index contributed by atoms with van der Waals surface area (Å²) in [5.74, 6) is 0.123. The van der Waals surface area contributed by atoms with Crippen molar-refractivity contribution in [1.82, 2.24) is 15.0 Å². The summed E-state index contributed by atoms with van der Waals surface area (Å²) in [7, 11) is 0. The van der Waals surface area contributed by atoms with E-state index in [1.54, 1.807) is 19.1 Å². The van der Waals surface area contributed by atoms with Gasteiger partial charge in [-0.3, -0.25) is 0 Å². The van der Waals surface area contributed by atoms with E-state index in [1.807, 2.05) is 38.1 Å². The van der Waals surface area contributed by atoms with Crippen LogP contribution in [-0.4, -0.2) is 25.2 Å². The molecule has 0 aliphatic heterocycles. The van der Waals surface area contributed by atoms with Gasteiger partial charge < -0.3 is 10.2 Å². The van der Waals surface area contributed by atoms with Crippen LogP contribution < -0.4 is 0 Å². The normalized spacial score (nSPS) is 10.3. The lowest BCUT2D eigenvalue weighted by molar-refractivity contribution is 0.281. The molecule has 0 aliphatic carbocycles. The molecule has 1 heterocycles. The van der Waals surface area contributed by atoms with Crippen LogP contribution in [0.1, 0.15) is 25.0 Å². The van der Waals surface area contributed by atoms with Crippen molar-refractivity contribution in [3.63, 3.8) is 0 Å². The molecular weight excluding hydrogens is 266 g/mol. The second-order valence-electron chi connectivity index (χ2n) is 4.42. The van der Waals surface area contributed by atoms with Gasteiger partial charge in [-0.15, -0.1) is 15.0 Å². The molecule has 0 unspecified atom stereocenters. The van der Waals surface area contributed by atoms with Crippen LogP contribution in [0.5, 0.6) is 5.75 Å². The van der Waals surface area contributed by atoms with Gasteiger partial charge in [0, 0.05) is 0 Å². The van der Waals surface area contributed by atoms with Crippen molar-refractivity contribution < 1.29 is 10.2 Å². The Morgan fingerprint density at radius 3 is 2.14 bits per heavy atom. The maximum atomic E-state index is 10.1. The number of aliphatic hydroxyl groups is 1. The third-order valence-corrected chi connectivity index (χ3v) is 3.02. The number of aromatic nitrogens is 3. The SMILES string of the molecule is CC.Cc1cc(CO)cc(-n2nc3ccccc3n2)c1O. The lowest BCUT2D eigenvalue weighted by atomic mass is 10.1. The summed E-state index contributed by atoms with van der Waals surface area (Å²) < 4.78 is 0. The molecule has 3 aromatic rings. The Labute approximate surface area is 123 Å². The summed E-state index contributed by atoms with van der Waals surface area (Å²) >= 11 is 0. The first kappa shape index (κ1) is 15.0. The van der Waals surface area contributed by atoms with Crippen LogP contribution in [0.15, 0.2) is 36.4 Å². The highest BCUT2D eigenvalue weighted by atomic mass is 16.3. The third kappa shape index (κ3) is 2.87. The van der Waals surface area contributed by atoms with Gasteiger partial charge in [0.1, 0.15) is 22.5 Å². The van der Waals surface area contributed by atoms with Crippen LogP contribution in [0, 0.1) is 6.92 Å². The molecule has 5 heteroatoms. The van der Waals surface area contributed by atoms with Crippen LogP contribution in [-0.2, 0) is 6.61 Å². The van der Waals surface area contributed by atoms with Crippen molar-refractivity contribution >= 4 is 11.0 Å². The molecule has 5 nitrogen and oxygen atoms in total. The van der Waals surface area contributed by atoms with Gasteiger partial charge in [0.15, 0.2) is 0 Å². The van der Waals surface area contributed by atoms with Crippen LogP contribution in [0.4, 0.5) is 0 Å². The van der Waals surface area contributed by atoms with Crippen molar-refractivity contribution in [2.45, 2.75) is 27.4 Å². The van der Waals surface area contributed by atoms with E-state index in [1.165, 1.54) is 4.80 Å². The predicted octanol–water partition coefficient (Wildman–Crippen LogP) is 2.95. The first-order chi connectivity index (χ1) is 10.2. The Bertz CT molecular complexity index is 717. The number of rotatable bonds is 2. The van der Waals surface area contributed by atoms with E-state index in [2.05, 4.69) is 10.2 Å². The van der Waals surface area contributed by atoms with Crippen LogP contribution >= 0.6 is 0 Å². The number of aryl methyl sites for hydroxylation is 1. The average Bonchev–Trinajstić information content (AvgIpc) is 2.95. The van der Waals surface area contributed by atoms with E-state index in [-0.39, 0.29) is 12.4 Å². The zero-order valence-electron chi connectivity index (χ0n) is 12.4. The highest BCUT2D eigenvalue weighted by molar-refractivity contribution is 5.73. The number of hydrogen-bond acceptors (Lipinski definition) is 4. The zero-order chi connectivity index (χ0) is 15.4. The quantitative estimate of drug-likeness (QED) is 0.759. The predicted molar refractivity (Wildman–Crippen MR) is 82.5 cm³/mol. The summed E-state index contributed by atoms with van der Waals surface area (Å²) in [5.41, 5.74) is 3.39. The zero-order valence-corrected chi connectivity index (χ0v) is 12.4. The van der Waals surface area contributed by atoms with E-state index in [0.29, 0.717) is 16.8 Å². The molecule has 0 saturated heterocycles. The Morgan fingerprint density at radius 2 is 1.62 bits per heavy atom. The van der Waals surface area contributed by atoms with E-state index < -0.39 is 0 Å². The molecule has 0 radical (unpaired) electrons. The highest BCUT2D eigenvalue weighted by Gasteiger charge is 2.12.